The van der Waals surface area contributed by atoms with Crippen LogP contribution in [0.5, 0.6) is 0 Å². The maximum Gasteiger partial charge on any atom is 0.331 e. The molecule has 106 valence electrons. The third kappa shape index (κ3) is 4.69. The maximum absolute atomic E-state index is 12.7. The molecule has 0 spiro atoms. The van der Waals surface area contributed by atoms with E-state index < -0.39 is 5.97 Å². The van der Waals surface area contributed by atoms with E-state index in [4.69, 9.17) is 4.74 Å². The number of ketones is 1. The Bertz CT molecular complexity index is 645. The first-order valence-electron chi connectivity index (χ1n) is 6.34. The van der Waals surface area contributed by atoms with Crippen molar-refractivity contribution in [3.05, 3.63) is 77.6 Å². The molecule has 2 aromatic rings. The first-order valence-corrected chi connectivity index (χ1v) is 6.34. The van der Waals surface area contributed by atoms with Gasteiger partial charge in [0.05, 0.1) is 0 Å². The normalized spacial score (nSPS) is 10.5. The summed E-state index contributed by atoms with van der Waals surface area (Å²) in [5.41, 5.74) is 1.16. The van der Waals surface area contributed by atoms with Crippen LogP contribution in [-0.4, -0.2) is 18.4 Å². The highest BCUT2D eigenvalue weighted by atomic mass is 19.1. The number of Topliss-reactive ketones (excluding diaryl/α,β-unsaturated/α-hetero) is 1. The maximum atomic E-state index is 12.7. The summed E-state index contributed by atoms with van der Waals surface area (Å²) in [7, 11) is 0. The molecule has 0 N–H and O–H groups in total. The Labute approximate surface area is 121 Å². The van der Waals surface area contributed by atoms with E-state index in [1.807, 2.05) is 0 Å². The van der Waals surface area contributed by atoms with Crippen LogP contribution in [0.25, 0.3) is 6.08 Å². The summed E-state index contributed by atoms with van der Waals surface area (Å²) >= 11 is 0. The monoisotopic (exact) mass is 284 g/mol. The largest absolute Gasteiger partial charge is 0.454 e. The van der Waals surface area contributed by atoms with Crippen LogP contribution in [0.1, 0.15) is 15.9 Å². The van der Waals surface area contributed by atoms with Crippen LogP contribution >= 0.6 is 0 Å². The molecule has 0 fully saturated rings. The molecule has 0 bridgehead atoms. The Hall–Kier alpha value is -2.75. The fourth-order valence-electron chi connectivity index (χ4n) is 1.63. The molecule has 0 amide bonds. The number of carbonyl (C=O) groups is 2. The van der Waals surface area contributed by atoms with Crippen molar-refractivity contribution < 1.29 is 18.7 Å². The standard InChI is InChI=1S/C17H13FO3/c18-15-9-6-13(7-10-15)8-11-17(20)21-12-16(19)14-4-2-1-3-5-14/h1-11H,12H2. The van der Waals surface area contributed by atoms with Crippen LogP contribution in [-0.2, 0) is 9.53 Å². The van der Waals surface area contributed by atoms with Crippen molar-refractivity contribution in [2.45, 2.75) is 0 Å². The summed E-state index contributed by atoms with van der Waals surface area (Å²) in [6.45, 7) is -0.309. The molecule has 21 heavy (non-hydrogen) atoms. The quantitative estimate of drug-likeness (QED) is 0.481. The van der Waals surface area contributed by atoms with Gasteiger partial charge in [-0.05, 0) is 23.8 Å². The number of carbonyl (C=O) groups excluding carboxylic acids is 2. The van der Waals surface area contributed by atoms with Gasteiger partial charge in [-0.2, -0.15) is 0 Å². The Kier molecular flexibility index (Phi) is 4.99. The SMILES string of the molecule is O=C(C=Cc1ccc(F)cc1)OCC(=O)c1ccccc1. The molecule has 3 nitrogen and oxygen atoms in total. The van der Waals surface area contributed by atoms with Crippen LogP contribution in [0.4, 0.5) is 4.39 Å². The smallest absolute Gasteiger partial charge is 0.331 e. The van der Waals surface area contributed by atoms with Crippen molar-refractivity contribution in [1.29, 1.82) is 0 Å². The van der Waals surface area contributed by atoms with E-state index >= 15 is 0 Å². The first kappa shape index (κ1) is 14.7. The minimum absolute atomic E-state index is 0.265. The second-order valence-corrected chi connectivity index (χ2v) is 4.28. The molecule has 0 atom stereocenters. The number of ether oxygens (including phenoxy) is 1. The number of halogens is 1. The summed E-state index contributed by atoms with van der Waals surface area (Å²) in [6.07, 6.45) is 2.69. The van der Waals surface area contributed by atoms with E-state index in [9.17, 15) is 14.0 Å². The molecule has 2 rings (SSSR count). The van der Waals surface area contributed by atoms with E-state index in [2.05, 4.69) is 0 Å². The molecule has 0 aliphatic carbocycles. The van der Waals surface area contributed by atoms with Crippen LogP contribution in [0.2, 0.25) is 0 Å². The lowest BCUT2D eigenvalue weighted by Crippen LogP contribution is -2.12. The fourth-order valence-corrected chi connectivity index (χ4v) is 1.63. The third-order valence-corrected chi connectivity index (χ3v) is 2.72. The first-order chi connectivity index (χ1) is 10.1. The average molecular weight is 284 g/mol. The Morgan fingerprint density at radius 2 is 1.67 bits per heavy atom. The third-order valence-electron chi connectivity index (χ3n) is 2.72. The van der Waals surface area contributed by atoms with Gasteiger partial charge < -0.3 is 4.74 Å². The van der Waals surface area contributed by atoms with Crippen molar-refractivity contribution in [3.8, 4) is 0 Å². The molecular weight excluding hydrogens is 271 g/mol. The minimum Gasteiger partial charge on any atom is -0.454 e. The lowest BCUT2D eigenvalue weighted by atomic mass is 10.1. The fraction of sp³-hybridized carbons (Fsp3) is 0.0588. The second kappa shape index (κ2) is 7.14. The highest BCUT2D eigenvalue weighted by Crippen LogP contribution is 2.05. The highest BCUT2D eigenvalue weighted by Gasteiger charge is 2.07. The van der Waals surface area contributed by atoms with Crippen molar-refractivity contribution in [2.75, 3.05) is 6.61 Å². The van der Waals surface area contributed by atoms with Crippen LogP contribution in [0, 0.1) is 5.82 Å². The average Bonchev–Trinajstić information content (AvgIpc) is 2.53. The molecule has 0 aliphatic rings. The summed E-state index contributed by atoms with van der Waals surface area (Å²) in [4.78, 5) is 23.2. The predicted molar refractivity (Wildman–Crippen MR) is 77.2 cm³/mol. The number of esters is 1. The molecule has 0 aromatic heterocycles. The molecule has 0 unspecified atom stereocenters. The van der Waals surface area contributed by atoms with Crippen LogP contribution < -0.4 is 0 Å². The van der Waals surface area contributed by atoms with Crippen molar-refractivity contribution in [2.24, 2.45) is 0 Å². The van der Waals surface area contributed by atoms with Crippen LogP contribution in [0.3, 0.4) is 0 Å². The van der Waals surface area contributed by atoms with E-state index in [1.165, 1.54) is 36.4 Å². The summed E-state index contributed by atoms with van der Waals surface area (Å²) in [6, 6.07) is 14.3. The van der Waals surface area contributed by atoms with Gasteiger partial charge in [-0.15, -0.1) is 0 Å². The van der Waals surface area contributed by atoms with Crippen LogP contribution in [0.15, 0.2) is 60.7 Å². The predicted octanol–water partition coefficient (Wildman–Crippen LogP) is 3.27. The Morgan fingerprint density at radius 1 is 1.00 bits per heavy atom. The van der Waals surface area contributed by atoms with Gasteiger partial charge in [0.1, 0.15) is 5.82 Å². The number of rotatable bonds is 5. The zero-order chi connectivity index (χ0) is 15.1. The van der Waals surface area contributed by atoms with Crippen molar-refractivity contribution in [3.63, 3.8) is 0 Å². The van der Waals surface area contributed by atoms with Gasteiger partial charge in [0, 0.05) is 11.6 Å². The highest BCUT2D eigenvalue weighted by molar-refractivity contribution is 5.98. The van der Waals surface area contributed by atoms with Gasteiger partial charge in [-0.3, -0.25) is 4.79 Å². The minimum atomic E-state index is -0.622. The molecular formula is C17H13FO3. The summed E-state index contributed by atoms with van der Waals surface area (Å²) in [5, 5.41) is 0. The topological polar surface area (TPSA) is 43.4 Å². The Morgan fingerprint density at radius 3 is 2.33 bits per heavy atom. The van der Waals surface area contributed by atoms with Gasteiger partial charge in [0.2, 0.25) is 0 Å². The lowest BCUT2D eigenvalue weighted by Gasteiger charge is -2.01. The zero-order valence-corrected chi connectivity index (χ0v) is 11.2. The molecule has 0 saturated heterocycles. The van der Waals surface area contributed by atoms with Gasteiger partial charge in [0.25, 0.3) is 0 Å². The zero-order valence-electron chi connectivity index (χ0n) is 11.2. The van der Waals surface area contributed by atoms with E-state index in [-0.39, 0.29) is 18.2 Å². The van der Waals surface area contributed by atoms with Gasteiger partial charge in [0.15, 0.2) is 12.4 Å². The van der Waals surface area contributed by atoms with E-state index in [0.29, 0.717) is 11.1 Å². The molecule has 0 saturated carbocycles. The summed E-state index contributed by atoms with van der Waals surface area (Å²) < 4.78 is 17.6. The van der Waals surface area contributed by atoms with Gasteiger partial charge >= 0.3 is 5.97 Å². The molecule has 0 heterocycles. The number of benzene rings is 2. The van der Waals surface area contributed by atoms with E-state index in [1.54, 1.807) is 30.3 Å². The molecule has 2 aromatic carbocycles. The molecule has 4 heteroatoms. The summed E-state index contributed by atoms with van der Waals surface area (Å²) in [5.74, 6) is -1.23. The van der Waals surface area contributed by atoms with Gasteiger partial charge in [-0.1, -0.05) is 42.5 Å². The van der Waals surface area contributed by atoms with Crippen molar-refractivity contribution in [1.82, 2.24) is 0 Å². The second-order valence-electron chi connectivity index (χ2n) is 4.28. The van der Waals surface area contributed by atoms with Crippen molar-refractivity contribution >= 4 is 17.8 Å². The molecule has 0 aliphatic heterocycles. The van der Waals surface area contributed by atoms with E-state index in [0.717, 1.165) is 0 Å². The lowest BCUT2D eigenvalue weighted by molar-refractivity contribution is -0.136. The van der Waals surface area contributed by atoms with Gasteiger partial charge in [-0.25, -0.2) is 9.18 Å². The molecule has 0 radical (unpaired) electrons. The number of hydrogen-bond acceptors (Lipinski definition) is 3. The Balaban J connectivity index is 1.85. The number of hydrogen-bond donors (Lipinski definition) is 0.